The summed E-state index contributed by atoms with van der Waals surface area (Å²) in [6, 6.07) is 7.69. The summed E-state index contributed by atoms with van der Waals surface area (Å²) in [5.41, 5.74) is 1.12. The fraction of sp³-hybridized carbons (Fsp3) is 0.500. The third-order valence-corrected chi connectivity index (χ3v) is 2.45. The molecule has 0 radical (unpaired) electrons. The molecule has 0 saturated carbocycles. The smallest absolute Gasteiger partial charge is 0.118 e. The summed E-state index contributed by atoms with van der Waals surface area (Å²) in [6.45, 7) is 0.798. The Hall–Kier alpha value is -1.10. The van der Waals surface area contributed by atoms with Gasteiger partial charge in [0.05, 0.1) is 13.7 Å². The first-order valence-corrected chi connectivity index (χ1v) is 5.38. The van der Waals surface area contributed by atoms with Crippen molar-refractivity contribution >= 4 is 0 Å². The highest BCUT2D eigenvalue weighted by molar-refractivity contribution is 5.27. The topological polar surface area (TPSA) is 61.7 Å². The van der Waals surface area contributed by atoms with Crippen LogP contribution in [0.2, 0.25) is 0 Å². The summed E-state index contributed by atoms with van der Waals surface area (Å²) in [5, 5.41) is 21.0. The molecule has 0 bridgehead atoms. The molecule has 0 heterocycles. The molecule has 0 fully saturated rings. The van der Waals surface area contributed by atoms with Crippen LogP contribution in [0.15, 0.2) is 24.3 Å². The van der Waals surface area contributed by atoms with E-state index in [2.05, 4.69) is 5.32 Å². The lowest BCUT2D eigenvalue weighted by Crippen LogP contribution is -2.32. The Morgan fingerprint density at radius 3 is 2.44 bits per heavy atom. The van der Waals surface area contributed by atoms with Gasteiger partial charge in [0.25, 0.3) is 0 Å². The maximum Gasteiger partial charge on any atom is 0.118 e. The Morgan fingerprint density at radius 1 is 1.25 bits per heavy atom. The largest absolute Gasteiger partial charge is 0.497 e. The molecule has 1 aromatic rings. The summed E-state index contributed by atoms with van der Waals surface area (Å²) in [6.07, 6.45) is 0.562. The molecule has 0 aliphatic carbocycles. The Morgan fingerprint density at radius 2 is 1.94 bits per heavy atom. The van der Waals surface area contributed by atoms with Gasteiger partial charge in [-0.05, 0) is 24.1 Å². The number of rotatable bonds is 7. The van der Waals surface area contributed by atoms with Gasteiger partial charge in [-0.15, -0.1) is 0 Å². The van der Waals surface area contributed by atoms with Crippen LogP contribution in [-0.4, -0.2) is 36.6 Å². The molecular formula is C12H19NO3. The zero-order valence-corrected chi connectivity index (χ0v) is 9.52. The van der Waals surface area contributed by atoms with Gasteiger partial charge in [0.15, 0.2) is 0 Å². The Balaban J connectivity index is 2.40. The fourth-order valence-corrected chi connectivity index (χ4v) is 1.42. The molecule has 1 aromatic carbocycles. The van der Waals surface area contributed by atoms with Crippen molar-refractivity contribution in [3.63, 3.8) is 0 Å². The van der Waals surface area contributed by atoms with E-state index < -0.39 is 0 Å². The zero-order chi connectivity index (χ0) is 11.8. The molecule has 16 heavy (non-hydrogen) atoms. The van der Waals surface area contributed by atoms with Gasteiger partial charge in [-0.2, -0.15) is 0 Å². The van der Waals surface area contributed by atoms with Crippen LogP contribution >= 0.6 is 0 Å². The Labute approximate surface area is 95.9 Å². The van der Waals surface area contributed by atoms with Crippen molar-refractivity contribution in [1.82, 2.24) is 5.32 Å². The molecule has 4 heteroatoms. The molecule has 90 valence electrons. The lowest BCUT2D eigenvalue weighted by Gasteiger charge is -2.14. The van der Waals surface area contributed by atoms with Gasteiger partial charge in [-0.3, -0.25) is 0 Å². The SMILES string of the molecule is COc1ccc(CNC(CO)CCO)cc1. The van der Waals surface area contributed by atoms with Crippen LogP contribution in [0.4, 0.5) is 0 Å². The standard InChI is InChI=1S/C12H19NO3/c1-16-12-4-2-10(3-5-12)8-13-11(9-15)6-7-14/h2-5,11,13-15H,6-9H2,1H3. The van der Waals surface area contributed by atoms with E-state index >= 15 is 0 Å². The average Bonchev–Trinajstić information content (AvgIpc) is 2.35. The zero-order valence-electron chi connectivity index (χ0n) is 9.52. The maximum absolute atomic E-state index is 9.02. The minimum atomic E-state index is -0.0490. The van der Waals surface area contributed by atoms with Crippen molar-refractivity contribution in [1.29, 1.82) is 0 Å². The van der Waals surface area contributed by atoms with E-state index in [0.717, 1.165) is 11.3 Å². The molecule has 1 unspecified atom stereocenters. The van der Waals surface area contributed by atoms with Gasteiger partial charge >= 0.3 is 0 Å². The highest BCUT2D eigenvalue weighted by Gasteiger charge is 2.05. The van der Waals surface area contributed by atoms with Crippen LogP contribution in [0.5, 0.6) is 5.75 Å². The van der Waals surface area contributed by atoms with Crippen molar-refractivity contribution in [3.8, 4) is 5.75 Å². The van der Waals surface area contributed by atoms with Crippen molar-refractivity contribution in [2.24, 2.45) is 0 Å². The Bertz CT molecular complexity index is 287. The highest BCUT2D eigenvalue weighted by Crippen LogP contribution is 2.11. The summed E-state index contributed by atoms with van der Waals surface area (Å²) in [4.78, 5) is 0. The van der Waals surface area contributed by atoms with Crippen molar-refractivity contribution in [3.05, 3.63) is 29.8 Å². The lowest BCUT2D eigenvalue weighted by molar-refractivity contribution is 0.200. The summed E-state index contributed by atoms with van der Waals surface area (Å²) < 4.78 is 5.06. The van der Waals surface area contributed by atoms with Gasteiger partial charge in [0.1, 0.15) is 5.75 Å². The minimum absolute atomic E-state index is 0.0384. The van der Waals surface area contributed by atoms with Gasteiger partial charge in [-0.1, -0.05) is 12.1 Å². The summed E-state index contributed by atoms with van der Waals surface area (Å²) >= 11 is 0. The number of ether oxygens (including phenoxy) is 1. The second kappa shape index (κ2) is 7.22. The predicted octanol–water partition coefficient (Wildman–Crippen LogP) is 0.528. The third kappa shape index (κ3) is 4.18. The molecular weight excluding hydrogens is 206 g/mol. The molecule has 0 aromatic heterocycles. The number of benzene rings is 1. The summed E-state index contributed by atoms with van der Waals surface area (Å²) in [5.74, 6) is 0.831. The van der Waals surface area contributed by atoms with Crippen molar-refractivity contribution in [2.75, 3.05) is 20.3 Å². The molecule has 0 amide bonds. The van der Waals surface area contributed by atoms with Crippen LogP contribution in [0, 0.1) is 0 Å². The number of aliphatic hydroxyl groups excluding tert-OH is 2. The molecule has 0 spiro atoms. The van der Waals surface area contributed by atoms with Crippen LogP contribution in [0.1, 0.15) is 12.0 Å². The monoisotopic (exact) mass is 225 g/mol. The first-order valence-electron chi connectivity index (χ1n) is 5.38. The van der Waals surface area contributed by atoms with E-state index in [1.54, 1.807) is 7.11 Å². The van der Waals surface area contributed by atoms with E-state index in [1.165, 1.54) is 0 Å². The van der Waals surface area contributed by atoms with Gasteiger partial charge < -0.3 is 20.3 Å². The number of hydrogen-bond acceptors (Lipinski definition) is 4. The molecule has 0 saturated heterocycles. The second-order valence-electron chi connectivity index (χ2n) is 3.62. The third-order valence-electron chi connectivity index (χ3n) is 2.45. The predicted molar refractivity (Wildman–Crippen MR) is 62.4 cm³/mol. The lowest BCUT2D eigenvalue weighted by atomic mass is 10.2. The van der Waals surface area contributed by atoms with Crippen LogP contribution < -0.4 is 10.1 Å². The highest BCUT2D eigenvalue weighted by atomic mass is 16.5. The number of nitrogens with one attached hydrogen (secondary N) is 1. The average molecular weight is 225 g/mol. The fourth-order valence-electron chi connectivity index (χ4n) is 1.42. The van der Waals surface area contributed by atoms with E-state index in [-0.39, 0.29) is 19.3 Å². The maximum atomic E-state index is 9.02. The van der Waals surface area contributed by atoms with E-state index in [9.17, 15) is 0 Å². The second-order valence-corrected chi connectivity index (χ2v) is 3.62. The molecule has 3 N–H and O–H groups in total. The van der Waals surface area contributed by atoms with E-state index in [0.29, 0.717) is 13.0 Å². The van der Waals surface area contributed by atoms with E-state index in [1.807, 2.05) is 24.3 Å². The normalized spacial score (nSPS) is 12.4. The van der Waals surface area contributed by atoms with Crippen LogP contribution in [0.3, 0.4) is 0 Å². The van der Waals surface area contributed by atoms with Gasteiger partial charge in [-0.25, -0.2) is 0 Å². The van der Waals surface area contributed by atoms with Crippen LogP contribution in [0.25, 0.3) is 0 Å². The van der Waals surface area contributed by atoms with Crippen molar-refractivity contribution < 1.29 is 14.9 Å². The van der Waals surface area contributed by atoms with Gasteiger partial charge in [0.2, 0.25) is 0 Å². The number of methoxy groups -OCH3 is 1. The number of aliphatic hydroxyl groups is 2. The quantitative estimate of drug-likeness (QED) is 0.633. The molecule has 0 aliphatic heterocycles. The molecule has 4 nitrogen and oxygen atoms in total. The summed E-state index contributed by atoms with van der Waals surface area (Å²) in [7, 11) is 1.64. The van der Waals surface area contributed by atoms with Gasteiger partial charge in [0, 0.05) is 19.2 Å². The Kier molecular flexibility index (Phi) is 5.85. The molecule has 1 rings (SSSR count). The first kappa shape index (κ1) is 13.0. The van der Waals surface area contributed by atoms with E-state index in [4.69, 9.17) is 14.9 Å². The number of hydrogen-bond donors (Lipinski definition) is 3. The first-order chi connectivity index (χ1) is 7.80. The van der Waals surface area contributed by atoms with Crippen molar-refractivity contribution in [2.45, 2.75) is 19.0 Å². The minimum Gasteiger partial charge on any atom is -0.497 e. The molecule has 0 aliphatic rings. The van der Waals surface area contributed by atoms with Crippen LogP contribution in [-0.2, 0) is 6.54 Å². The molecule has 1 atom stereocenters.